The first-order chi connectivity index (χ1) is 13.6. The minimum Gasteiger partial charge on any atom is -0.411 e. The highest BCUT2D eigenvalue weighted by atomic mass is 32.2. The highest BCUT2D eigenvalue weighted by Crippen LogP contribution is 2.29. The molecule has 0 saturated carbocycles. The second-order valence-corrected chi connectivity index (χ2v) is 7.63. The Bertz CT molecular complexity index is 1120. The molecule has 1 amide bonds. The number of rotatable bonds is 6. The second-order valence-electron chi connectivity index (χ2n) is 6.70. The molecule has 6 nitrogen and oxygen atoms in total. The number of nitrogens with one attached hydrogen (secondary N) is 2. The van der Waals surface area contributed by atoms with Gasteiger partial charge < -0.3 is 14.7 Å². The number of amides is 1. The zero-order valence-corrected chi connectivity index (χ0v) is 16.4. The van der Waals surface area contributed by atoms with E-state index < -0.39 is 0 Å². The lowest BCUT2D eigenvalue weighted by molar-refractivity contribution is -0.113. The molecule has 2 N–H and O–H groups in total. The summed E-state index contributed by atoms with van der Waals surface area (Å²) >= 11 is 1.22. The summed E-state index contributed by atoms with van der Waals surface area (Å²) in [6, 6.07) is 15.8. The summed E-state index contributed by atoms with van der Waals surface area (Å²) < 4.78 is 5.74. The average molecular weight is 392 g/mol. The molecule has 0 atom stereocenters. The first-order valence-electron chi connectivity index (χ1n) is 9.03. The van der Waals surface area contributed by atoms with Crippen molar-refractivity contribution in [1.82, 2.24) is 15.2 Å². The molecule has 2 heterocycles. The number of H-pyrrole nitrogens is 1. The number of nitrogens with zero attached hydrogens (tertiary/aromatic N) is 2. The molecule has 4 aromatic rings. The third kappa shape index (κ3) is 3.80. The van der Waals surface area contributed by atoms with Crippen LogP contribution in [0.25, 0.3) is 22.4 Å². The maximum absolute atomic E-state index is 12.3. The number of carbonyl (C=O) groups is 1. The van der Waals surface area contributed by atoms with Crippen LogP contribution in [0.3, 0.4) is 0 Å². The number of benzene rings is 2. The molecule has 7 heteroatoms. The van der Waals surface area contributed by atoms with Gasteiger partial charge in [0.05, 0.1) is 11.3 Å². The largest absolute Gasteiger partial charge is 0.411 e. The summed E-state index contributed by atoms with van der Waals surface area (Å²) in [4.78, 5) is 15.5. The minimum atomic E-state index is -0.107. The van der Waals surface area contributed by atoms with Gasteiger partial charge in [-0.3, -0.25) is 4.79 Å². The number of anilines is 1. The van der Waals surface area contributed by atoms with Crippen molar-refractivity contribution in [3.05, 3.63) is 60.3 Å². The minimum absolute atomic E-state index is 0.107. The predicted octanol–water partition coefficient (Wildman–Crippen LogP) is 5.07. The van der Waals surface area contributed by atoms with Crippen LogP contribution in [0.5, 0.6) is 0 Å². The standard InChI is InChI=1S/C21H20N4O2S/c1-13(2)14-7-3-6-10-18(14)23-19(26)12-28-21-25-24-20(27-21)16-11-22-17-9-5-4-8-15(16)17/h3-11,13,22H,12H2,1-2H3,(H,23,26). The molecule has 2 aromatic carbocycles. The van der Waals surface area contributed by atoms with Gasteiger partial charge in [0.15, 0.2) is 0 Å². The van der Waals surface area contributed by atoms with Gasteiger partial charge in [-0.1, -0.05) is 62.0 Å². The maximum Gasteiger partial charge on any atom is 0.277 e. The van der Waals surface area contributed by atoms with Gasteiger partial charge in [0.1, 0.15) is 0 Å². The van der Waals surface area contributed by atoms with E-state index in [9.17, 15) is 4.79 Å². The molecule has 0 bridgehead atoms. The van der Waals surface area contributed by atoms with Crippen LogP contribution >= 0.6 is 11.8 Å². The normalized spacial score (nSPS) is 11.2. The van der Waals surface area contributed by atoms with Gasteiger partial charge in [-0.2, -0.15) is 0 Å². The van der Waals surface area contributed by atoms with Crippen molar-refractivity contribution in [3.8, 4) is 11.5 Å². The van der Waals surface area contributed by atoms with E-state index in [4.69, 9.17) is 4.42 Å². The summed E-state index contributed by atoms with van der Waals surface area (Å²) in [6.07, 6.45) is 1.85. The lowest BCUT2D eigenvalue weighted by atomic mass is 10.0. The number of hydrogen-bond donors (Lipinski definition) is 2. The fraction of sp³-hybridized carbons (Fsp3) is 0.190. The fourth-order valence-corrected chi connectivity index (χ4v) is 3.62. The lowest BCUT2D eigenvalue weighted by Gasteiger charge is -2.13. The van der Waals surface area contributed by atoms with Crippen LogP contribution in [0.15, 0.2) is 64.4 Å². The monoisotopic (exact) mass is 392 g/mol. The van der Waals surface area contributed by atoms with Crippen molar-refractivity contribution < 1.29 is 9.21 Å². The van der Waals surface area contributed by atoms with Crippen LogP contribution in [-0.2, 0) is 4.79 Å². The molecule has 0 unspecified atom stereocenters. The van der Waals surface area contributed by atoms with E-state index in [2.05, 4.69) is 34.3 Å². The Hall–Kier alpha value is -3.06. The number of fused-ring (bicyclic) bond motifs is 1. The Labute approximate surface area is 166 Å². The molecule has 4 rings (SSSR count). The van der Waals surface area contributed by atoms with Crippen LogP contribution in [0.1, 0.15) is 25.3 Å². The number of aromatic nitrogens is 3. The van der Waals surface area contributed by atoms with E-state index in [0.29, 0.717) is 17.0 Å². The summed E-state index contributed by atoms with van der Waals surface area (Å²) in [7, 11) is 0. The smallest absolute Gasteiger partial charge is 0.277 e. The number of thioether (sulfide) groups is 1. The summed E-state index contributed by atoms with van der Waals surface area (Å²) in [5, 5.41) is 12.5. The molecule has 0 aliphatic heterocycles. The molecule has 142 valence electrons. The Morgan fingerprint density at radius 2 is 1.93 bits per heavy atom. The van der Waals surface area contributed by atoms with Gasteiger partial charge in [0.2, 0.25) is 5.91 Å². The van der Waals surface area contributed by atoms with E-state index in [0.717, 1.165) is 27.7 Å². The van der Waals surface area contributed by atoms with Crippen LogP contribution in [-0.4, -0.2) is 26.8 Å². The molecular formula is C21H20N4O2S. The van der Waals surface area contributed by atoms with Crippen molar-refractivity contribution in [2.24, 2.45) is 0 Å². The number of aromatic amines is 1. The third-order valence-electron chi connectivity index (χ3n) is 4.41. The van der Waals surface area contributed by atoms with E-state index in [-0.39, 0.29) is 11.7 Å². The van der Waals surface area contributed by atoms with Crippen LogP contribution < -0.4 is 5.32 Å². The van der Waals surface area contributed by atoms with Crippen molar-refractivity contribution in [3.63, 3.8) is 0 Å². The maximum atomic E-state index is 12.3. The van der Waals surface area contributed by atoms with Crippen LogP contribution in [0, 0.1) is 0 Å². The molecule has 0 spiro atoms. The van der Waals surface area contributed by atoms with Crippen LogP contribution in [0.2, 0.25) is 0 Å². The average Bonchev–Trinajstić information content (AvgIpc) is 3.33. The quantitative estimate of drug-likeness (QED) is 0.448. The highest BCUT2D eigenvalue weighted by Gasteiger charge is 2.15. The van der Waals surface area contributed by atoms with Gasteiger partial charge in [0, 0.05) is 22.8 Å². The highest BCUT2D eigenvalue weighted by molar-refractivity contribution is 7.99. The van der Waals surface area contributed by atoms with Gasteiger partial charge in [0.25, 0.3) is 11.1 Å². The predicted molar refractivity (Wildman–Crippen MR) is 111 cm³/mol. The van der Waals surface area contributed by atoms with Gasteiger partial charge >= 0.3 is 0 Å². The fourth-order valence-electron chi connectivity index (χ4n) is 3.05. The number of carbonyl (C=O) groups excluding carboxylic acids is 1. The Balaban J connectivity index is 1.42. The topological polar surface area (TPSA) is 83.8 Å². The molecular weight excluding hydrogens is 372 g/mol. The number of para-hydroxylation sites is 2. The van der Waals surface area contributed by atoms with Crippen molar-refractivity contribution in [2.75, 3.05) is 11.1 Å². The summed E-state index contributed by atoms with van der Waals surface area (Å²) in [5.41, 5.74) is 3.81. The zero-order valence-electron chi connectivity index (χ0n) is 15.6. The summed E-state index contributed by atoms with van der Waals surface area (Å²) in [6.45, 7) is 4.20. The van der Waals surface area contributed by atoms with E-state index in [1.807, 2.05) is 54.7 Å². The van der Waals surface area contributed by atoms with Crippen molar-refractivity contribution >= 4 is 34.3 Å². The Morgan fingerprint density at radius 3 is 2.79 bits per heavy atom. The lowest BCUT2D eigenvalue weighted by Crippen LogP contribution is -2.15. The van der Waals surface area contributed by atoms with Gasteiger partial charge in [-0.25, -0.2) is 0 Å². The SMILES string of the molecule is CC(C)c1ccccc1NC(=O)CSc1nnc(-c2c[nH]c3ccccc23)o1. The molecule has 28 heavy (non-hydrogen) atoms. The molecule has 0 aliphatic carbocycles. The van der Waals surface area contributed by atoms with Crippen molar-refractivity contribution in [1.29, 1.82) is 0 Å². The molecule has 0 aliphatic rings. The first-order valence-corrected chi connectivity index (χ1v) is 10.0. The molecule has 0 fully saturated rings. The molecule has 0 radical (unpaired) electrons. The van der Waals surface area contributed by atoms with Gasteiger partial charge in [-0.15, -0.1) is 10.2 Å². The third-order valence-corrected chi connectivity index (χ3v) is 5.23. The number of hydrogen-bond acceptors (Lipinski definition) is 5. The second kappa shape index (κ2) is 7.90. The first kappa shape index (κ1) is 18.3. The zero-order chi connectivity index (χ0) is 19.5. The summed E-state index contributed by atoms with van der Waals surface area (Å²) in [5.74, 6) is 0.858. The van der Waals surface area contributed by atoms with Crippen LogP contribution in [0.4, 0.5) is 5.69 Å². The Kier molecular flexibility index (Phi) is 5.16. The van der Waals surface area contributed by atoms with E-state index in [1.165, 1.54) is 11.8 Å². The van der Waals surface area contributed by atoms with E-state index >= 15 is 0 Å². The molecule has 0 saturated heterocycles. The Morgan fingerprint density at radius 1 is 1.14 bits per heavy atom. The molecule has 2 aromatic heterocycles. The van der Waals surface area contributed by atoms with Gasteiger partial charge in [-0.05, 0) is 23.6 Å². The van der Waals surface area contributed by atoms with Crippen molar-refractivity contribution in [2.45, 2.75) is 25.0 Å². The van der Waals surface area contributed by atoms with E-state index in [1.54, 1.807) is 0 Å².